The van der Waals surface area contributed by atoms with E-state index in [-0.39, 0.29) is 10.9 Å². The molecule has 5 nitrogen and oxygen atoms in total. The van der Waals surface area contributed by atoms with Crippen LogP contribution in [0, 0.1) is 0 Å². The minimum atomic E-state index is -1.77. The molecule has 0 aromatic heterocycles. The van der Waals surface area contributed by atoms with E-state index in [1.54, 1.807) is 4.90 Å². The Kier molecular flexibility index (Phi) is 6.84. The summed E-state index contributed by atoms with van der Waals surface area (Å²) in [5.74, 6) is 0.721. The van der Waals surface area contributed by atoms with Gasteiger partial charge in [0.2, 0.25) is 0 Å². The Hall–Kier alpha value is -2.22. The maximum Gasteiger partial charge on any atom is 0.259 e. The second kappa shape index (κ2) is 8.96. The van der Waals surface area contributed by atoms with Crippen LogP contribution in [0.25, 0.3) is 0 Å². The van der Waals surface area contributed by atoms with E-state index in [4.69, 9.17) is 21.4 Å². The maximum absolute atomic E-state index is 13.2. The summed E-state index contributed by atoms with van der Waals surface area (Å²) in [5, 5.41) is 0.656. The van der Waals surface area contributed by atoms with E-state index in [1.807, 2.05) is 73.3 Å². The second-order valence-electron chi connectivity index (χ2n) is 10.1. The van der Waals surface area contributed by atoms with E-state index in [0.717, 1.165) is 17.1 Å². The van der Waals surface area contributed by atoms with Crippen molar-refractivity contribution in [1.82, 2.24) is 0 Å². The first-order valence-electron chi connectivity index (χ1n) is 11.0. The molecule has 172 valence electrons. The molecule has 0 saturated carbocycles. The summed E-state index contributed by atoms with van der Waals surface area (Å²) in [6.07, 6.45) is 0. The van der Waals surface area contributed by atoms with Crippen LogP contribution in [0.15, 0.2) is 54.6 Å². The number of thiocarbonyl (C=S) groups is 1. The van der Waals surface area contributed by atoms with Crippen molar-refractivity contribution < 1.29 is 14.0 Å². The summed E-state index contributed by atoms with van der Waals surface area (Å²) >= 11 is 5.72. The summed E-state index contributed by atoms with van der Waals surface area (Å²) in [5.41, 5.74) is 0.850. The monoisotopic (exact) mass is 470 g/mol. The van der Waals surface area contributed by atoms with Gasteiger partial charge in [-0.15, -0.1) is 0 Å². The van der Waals surface area contributed by atoms with Crippen molar-refractivity contribution in [3.63, 3.8) is 0 Å². The summed E-state index contributed by atoms with van der Waals surface area (Å²) < 4.78 is 12.1. The molecule has 0 atom stereocenters. The van der Waals surface area contributed by atoms with Gasteiger partial charge in [-0.2, -0.15) is 0 Å². The predicted molar refractivity (Wildman–Crippen MR) is 138 cm³/mol. The fourth-order valence-electron chi connectivity index (χ4n) is 3.40. The molecule has 1 aliphatic rings. The third-order valence-electron chi connectivity index (χ3n) is 6.40. The molecule has 2 aromatic rings. The van der Waals surface area contributed by atoms with Crippen LogP contribution in [0.4, 0.5) is 11.4 Å². The molecule has 1 saturated heterocycles. The summed E-state index contributed by atoms with van der Waals surface area (Å²) in [6, 6.07) is 17.2. The molecule has 1 heterocycles. The van der Waals surface area contributed by atoms with Gasteiger partial charge in [0.25, 0.3) is 5.91 Å². The highest BCUT2D eigenvalue weighted by molar-refractivity contribution is 7.81. The van der Waals surface area contributed by atoms with Crippen LogP contribution in [-0.4, -0.2) is 38.1 Å². The van der Waals surface area contributed by atoms with E-state index >= 15 is 0 Å². The first-order valence-corrected chi connectivity index (χ1v) is 14.3. The molecule has 0 bridgehead atoms. The first-order chi connectivity index (χ1) is 14.9. The molecule has 0 unspecified atom stereocenters. The van der Waals surface area contributed by atoms with Crippen molar-refractivity contribution >= 4 is 42.9 Å². The fraction of sp³-hybridized carbons (Fsp3) is 0.440. The Morgan fingerprint density at radius 2 is 1.53 bits per heavy atom. The van der Waals surface area contributed by atoms with Crippen molar-refractivity contribution in [2.75, 3.05) is 23.0 Å². The SMILES string of the molecule is CC1(C)C(=O)N(c2ccccc2)C(=S)N1c1ccc(OCCO[Si](C)(C)C(C)(C)C)cc1. The number of nitrogens with zero attached hydrogens (tertiary/aromatic N) is 2. The lowest BCUT2D eigenvalue weighted by Crippen LogP contribution is -2.44. The van der Waals surface area contributed by atoms with E-state index in [1.165, 1.54) is 0 Å². The molecule has 32 heavy (non-hydrogen) atoms. The lowest BCUT2D eigenvalue weighted by Gasteiger charge is -2.36. The van der Waals surface area contributed by atoms with Crippen molar-refractivity contribution in [3.05, 3.63) is 54.6 Å². The fourth-order valence-corrected chi connectivity index (χ4v) is 4.95. The van der Waals surface area contributed by atoms with Gasteiger partial charge in [-0.05, 0) is 80.6 Å². The van der Waals surface area contributed by atoms with Gasteiger partial charge in [-0.25, -0.2) is 0 Å². The number of carbonyl (C=O) groups excluding carboxylic acids is 1. The Labute approximate surface area is 198 Å². The molecule has 0 radical (unpaired) electrons. The quantitative estimate of drug-likeness (QED) is 0.282. The van der Waals surface area contributed by atoms with Gasteiger partial charge in [0.05, 0.1) is 12.3 Å². The molecular weight excluding hydrogens is 436 g/mol. The standard InChI is InChI=1S/C25H34N2O3SSi/c1-24(2,3)32(6,7)30-18-17-29-21-15-13-20(14-16-21)27-23(31)26(22(28)25(27,4)5)19-11-9-8-10-12-19/h8-16H,17-18H2,1-7H3. The highest BCUT2D eigenvalue weighted by Crippen LogP contribution is 2.37. The number of para-hydroxylation sites is 1. The van der Waals surface area contributed by atoms with Crippen LogP contribution in [0.2, 0.25) is 18.1 Å². The Balaban J connectivity index is 1.68. The summed E-state index contributed by atoms with van der Waals surface area (Å²) in [4.78, 5) is 16.7. The summed E-state index contributed by atoms with van der Waals surface area (Å²) in [6.45, 7) is 16.0. The highest BCUT2D eigenvalue weighted by Gasteiger charge is 2.50. The Bertz CT molecular complexity index is 969. The van der Waals surface area contributed by atoms with E-state index < -0.39 is 13.9 Å². The van der Waals surface area contributed by atoms with Crippen LogP contribution in [0.1, 0.15) is 34.6 Å². The first kappa shape index (κ1) is 24.4. The molecule has 0 spiro atoms. The number of hydrogen-bond acceptors (Lipinski definition) is 4. The normalized spacial score (nSPS) is 16.6. The number of amides is 1. The van der Waals surface area contributed by atoms with Crippen molar-refractivity contribution in [1.29, 1.82) is 0 Å². The van der Waals surface area contributed by atoms with Gasteiger partial charge in [0.1, 0.15) is 17.9 Å². The number of rotatable bonds is 7. The number of carbonyl (C=O) groups is 1. The molecule has 1 amide bonds. The van der Waals surface area contributed by atoms with Crippen LogP contribution in [0.3, 0.4) is 0 Å². The van der Waals surface area contributed by atoms with Crippen LogP contribution >= 0.6 is 12.2 Å². The highest BCUT2D eigenvalue weighted by atomic mass is 32.1. The van der Waals surface area contributed by atoms with E-state index in [0.29, 0.717) is 18.3 Å². The van der Waals surface area contributed by atoms with Crippen LogP contribution < -0.4 is 14.5 Å². The van der Waals surface area contributed by atoms with Gasteiger partial charge in [0.15, 0.2) is 13.4 Å². The third-order valence-corrected chi connectivity index (χ3v) is 11.3. The van der Waals surface area contributed by atoms with Crippen molar-refractivity contribution in [3.8, 4) is 5.75 Å². The molecule has 3 rings (SSSR count). The van der Waals surface area contributed by atoms with Gasteiger partial charge >= 0.3 is 0 Å². The summed E-state index contributed by atoms with van der Waals surface area (Å²) in [7, 11) is -1.77. The minimum Gasteiger partial charge on any atom is -0.491 e. The van der Waals surface area contributed by atoms with Crippen molar-refractivity contribution in [2.24, 2.45) is 0 Å². The molecule has 0 aliphatic carbocycles. The maximum atomic E-state index is 13.2. The van der Waals surface area contributed by atoms with Crippen LogP contribution in [-0.2, 0) is 9.22 Å². The average Bonchev–Trinajstić information content (AvgIpc) is 2.90. The zero-order valence-electron chi connectivity index (χ0n) is 20.1. The average molecular weight is 471 g/mol. The van der Waals surface area contributed by atoms with E-state index in [9.17, 15) is 4.79 Å². The Morgan fingerprint density at radius 3 is 2.09 bits per heavy atom. The zero-order chi connectivity index (χ0) is 23.7. The van der Waals surface area contributed by atoms with E-state index in [2.05, 4.69) is 33.9 Å². The topological polar surface area (TPSA) is 42.0 Å². The Morgan fingerprint density at radius 1 is 0.938 bits per heavy atom. The zero-order valence-corrected chi connectivity index (χ0v) is 22.0. The second-order valence-corrected chi connectivity index (χ2v) is 15.3. The predicted octanol–water partition coefficient (Wildman–Crippen LogP) is 6.00. The molecule has 0 N–H and O–H groups in total. The van der Waals surface area contributed by atoms with Crippen molar-refractivity contribution in [2.45, 2.75) is 58.3 Å². The molecule has 7 heteroatoms. The third kappa shape index (κ3) is 4.75. The van der Waals surface area contributed by atoms with Gasteiger partial charge in [-0.3, -0.25) is 9.69 Å². The van der Waals surface area contributed by atoms with Gasteiger partial charge < -0.3 is 14.1 Å². The molecular formula is C25H34N2O3SSi. The smallest absolute Gasteiger partial charge is 0.259 e. The minimum absolute atomic E-state index is 0.0446. The molecule has 1 aliphatic heterocycles. The number of ether oxygens (including phenoxy) is 1. The van der Waals surface area contributed by atoms with Gasteiger partial charge in [0, 0.05) is 5.69 Å². The largest absolute Gasteiger partial charge is 0.491 e. The number of benzene rings is 2. The lowest BCUT2D eigenvalue weighted by molar-refractivity contribution is -0.120. The molecule has 1 fully saturated rings. The lowest BCUT2D eigenvalue weighted by atomic mass is 10.0. The number of hydrogen-bond donors (Lipinski definition) is 0. The number of anilines is 2. The van der Waals surface area contributed by atoms with Crippen LogP contribution in [0.5, 0.6) is 5.75 Å². The van der Waals surface area contributed by atoms with Gasteiger partial charge in [-0.1, -0.05) is 39.0 Å². The molecule has 2 aromatic carbocycles.